The minimum Gasteiger partial charge on any atom is -0.466 e. The van der Waals surface area contributed by atoms with Gasteiger partial charge in [-0.25, -0.2) is 14.6 Å². The van der Waals surface area contributed by atoms with Crippen LogP contribution in [0.3, 0.4) is 0 Å². The number of anilines is 2. The summed E-state index contributed by atoms with van der Waals surface area (Å²) in [4.78, 5) is 42.7. The average Bonchev–Trinajstić information content (AvgIpc) is 2.78. The molecule has 2 heterocycles. The fourth-order valence-electron chi connectivity index (χ4n) is 2.89. The zero-order valence-electron chi connectivity index (χ0n) is 16.2. The van der Waals surface area contributed by atoms with Crippen molar-refractivity contribution < 1.29 is 28.6 Å². The number of para-hydroxylation sites is 2. The lowest BCUT2D eigenvalue weighted by Gasteiger charge is -2.32. The largest absolute Gasteiger partial charge is 0.466 e. The summed E-state index contributed by atoms with van der Waals surface area (Å²) in [5, 5.41) is 2.80. The predicted octanol–water partition coefficient (Wildman–Crippen LogP) is 2.38. The van der Waals surface area contributed by atoms with Gasteiger partial charge in [-0.3, -0.25) is 4.79 Å². The highest BCUT2D eigenvalue weighted by Gasteiger charge is 2.33. The van der Waals surface area contributed by atoms with Gasteiger partial charge in [-0.1, -0.05) is 23.7 Å². The molecule has 0 radical (unpaired) electrons. The number of rotatable bonds is 5. The van der Waals surface area contributed by atoms with Crippen LogP contribution in [0.5, 0.6) is 0 Å². The molecule has 1 N–H and O–H groups in total. The second-order valence-electron chi connectivity index (χ2n) is 6.03. The van der Waals surface area contributed by atoms with Gasteiger partial charge in [0.2, 0.25) is 0 Å². The van der Waals surface area contributed by atoms with E-state index in [1.807, 2.05) is 0 Å². The van der Waals surface area contributed by atoms with Gasteiger partial charge in [0.1, 0.15) is 17.6 Å². The van der Waals surface area contributed by atoms with Crippen LogP contribution in [-0.2, 0) is 23.8 Å². The number of nitrogens with one attached hydrogen (secondary N) is 1. The summed E-state index contributed by atoms with van der Waals surface area (Å²) in [7, 11) is 2.41. The fraction of sp³-hybridized carbons (Fsp3) is 0.200. The Kier molecular flexibility index (Phi) is 6.65. The van der Waals surface area contributed by atoms with Gasteiger partial charge >= 0.3 is 11.9 Å². The number of pyridine rings is 1. The zero-order chi connectivity index (χ0) is 21.7. The maximum Gasteiger partial charge on any atom is 0.355 e. The van der Waals surface area contributed by atoms with Crippen molar-refractivity contribution in [3.8, 4) is 0 Å². The molecular weight excluding hydrogens is 414 g/mol. The molecule has 0 aliphatic carbocycles. The SMILES string of the molecule is COC(=O)C1=C(C(=O)OC)N(c2ccccc2NC(=O)c2cccnc2Cl)COC1. The molecule has 30 heavy (non-hydrogen) atoms. The van der Waals surface area contributed by atoms with Crippen molar-refractivity contribution >= 4 is 40.8 Å². The molecule has 1 aliphatic heterocycles. The Morgan fingerprint density at radius 3 is 2.53 bits per heavy atom. The maximum atomic E-state index is 12.7. The molecule has 0 unspecified atom stereocenters. The first-order valence-electron chi connectivity index (χ1n) is 8.73. The van der Waals surface area contributed by atoms with Gasteiger partial charge < -0.3 is 24.4 Å². The van der Waals surface area contributed by atoms with E-state index in [9.17, 15) is 14.4 Å². The summed E-state index contributed by atoms with van der Waals surface area (Å²) in [6, 6.07) is 9.84. The lowest BCUT2D eigenvalue weighted by molar-refractivity contribution is -0.140. The van der Waals surface area contributed by atoms with Gasteiger partial charge in [-0.15, -0.1) is 0 Å². The van der Waals surface area contributed by atoms with Crippen LogP contribution in [0.1, 0.15) is 10.4 Å². The first-order chi connectivity index (χ1) is 14.5. The Morgan fingerprint density at radius 2 is 1.83 bits per heavy atom. The molecule has 0 bridgehead atoms. The van der Waals surface area contributed by atoms with E-state index in [2.05, 4.69) is 10.3 Å². The van der Waals surface area contributed by atoms with Crippen molar-refractivity contribution in [2.45, 2.75) is 0 Å². The molecule has 0 saturated heterocycles. The Bertz CT molecular complexity index is 1020. The molecule has 9 nitrogen and oxygen atoms in total. The molecule has 0 spiro atoms. The van der Waals surface area contributed by atoms with E-state index >= 15 is 0 Å². The Morgan fingerprint density at radius 1 is 1.10 bits per heavy atom. The van der Waals surface area contributed by atoms with Gasteiger partial charge in [0.25, 0.3) is 5.91 Å². The number of amides is 1. The maximum absolute atomic E-state index is 12.7. The average molecular weight is 432 g/mol. The van der Waals surface area contributed by atoms with Gasteiger partial charge in [0.15, 0.2) is 0 Å². The van der Waals surface area contributed by atoms with Crippen LogP contribution in [0.25, 0.3) is 0 Å². The highest BCUT2D eigenvalue weighted by atomic mass is 35.5. The number of aromatic nitrogens is 1. The molecule has 1 amide bonds. The third-order valence-corrected chi connectivity index (χ3v) is 4.58. The molecule has 1 aromatic carbocycles. The number of esters is 2. The number of carbonyl (C=O) groups is 3. The van der Waals surface area contributed by atoms with Crippen LogP contribution < -0.4 is 10.2 Å². The van der Waals surface area contributed by atoms with Crippen molar-refractivity contribution in [2.24, 2.45) is 0 Å². The van der Waals surface area contributed by atoms with E-state index in [1.54, 1.807) is 30.3 Å². The first kappa shape index (κ1) is 21.3. The van der Waals surface area contributed by atoms with Crippen molar-refractivity contribution in [3.63, 3.8) is 0 Å². The lowest BCUT2D eigenvalue weighted by Crippen LogP contribution is -2.39. The highest BCUT2D eigenvalue weighted by molar-refractivity contribution is 6.33. The smallest absolute Gasteiger partial charge is 0.355 e. The van der Waals surface area contributed by atoms with Crippen LogP contribution in [0.15, 0.2) is 53.9 Å². The fourth-order valence-corrected chi connectivity index (χ4v) is 3.10. The van der Waals surface area contributed by atoms with Crippen molar-refractivity contribution in [1.82, 2.24) is 4.98 Å². The number of ether oxygens (including phenoxy) is 3. The van der Waals surface area contributed by atoms with E-state index in [0.29, 0.717) is 11.4 Å². The summed E-state index contributed by atoms with van der Waals surface area (Å²) in [6.07, 6.45) is 1.47. The van der Waals surface area contributed by atoms with E-state index in [0.717, 1.165) is 0 Å². The summed E-state index contributed by atoms with van der Waals surface area (Å²) >= 11 is 6.00. The molecule has 0 atom stereocenters. The molecule has 2 aromatic rings. The number of nitrogens with zero attached hydrogens (tertiary/aromatic N) is 2. The molecule has 0 fully saturated rings. The van der Waals surface area contributed by atoms with E-state index < -0.39 is 17.8 Å². The summed E-state index contributed by atoms with van der Waals surface area (Å²) < 4.78 is 15.1. The Labute approximate surface area is 177 Å². The van der Waals surface area contributed by atoms with Gasteiger partial charge in [-0.2, -0.15) is 0 Å². The second kappa shape index (κ2) is 9.38. The van der Waals surface area contributed by atoms with Crippen molar-refractivity contribution in [1.29, 1.82) is 0 Å². The minimum absolute atomic E-state index is 0.00651. The number of methoxy groups -OCH3 is 2. The lowest BCUT2D eigenvalue weighted by atomic mass is 10.1. The number of hydrogen-bond donors (Lipinski definition) is 1. The Balaban J connectivity index is 2.03. The molecule has 0 saturated carbocycles. The van der Waals surface area contributed by atoms with Crippen LogP contribution in [-0.4, -0.2) is 50.4 Å². The quantitative estimate of drug-likeness (QED) is 0.568. The van der Waals surface area contributed by atoms with Crippen LogP contribution in [0, 0.1) is 0 Å². The van der Waals surface area contributed by atoms with Gasteiger partial charge in [0.05, 0.1) is 43.3 Å². The number of halogens is 1. The summed E-state index contributed by atoms with van der Waals surface area (Å²) in [5.41, 5.74) is 0.928. The van der Waals surface area contributed by atoms with Crippen LogP contribution in [0.4, 0.5) is 11.4 Å². The highest BCUT2D eigenvalue weighted by Crippen LogP contribution is 2.33. The van der Waals surface area contributed by atoms with Crippen molar-refractivity contribution in [2.75, 3.05) is 37.8 Å². The van der Waals surface area contributed by atoms with Crippen LogP contribution >= 0.6 is 11.6 Å². The van der Waals surface area contributed by atoms with Crippen LogP contribution in [0.2, 0.25) is 5.15 Å². The molecule has 3 rings (SSSR count). The summed E-state index contributed by atoms with van der Waals surface area (Å²) in [5.74, 6) is -1.95. The van der Waals surface area contributed by atoms with E-state index in [1.165, 1.54) is 31.4 Å². The molecule has 156 valence electrons. The third-order valence-electron chi connectivity index (χ3n) is 4.28. The summed E-state index contributed by atoms with van der Waals surface area (Å²) in [6.45, 7) is -0.168. The van der Waals surface area contributed by atoms with Crippen molar-refractivity contribution in [3.05, 3.63) is 64.6 Å². The minimum atomic E-state index is -0.741. The number of hydrogen-bond acceptors (Lipinski definition) is 8. The molecular formula is C20H18ClN3O6. The number of benzene rings is 1. The van der Waals surface area contributed by atoms with Gasteiger partial charge in [0, 0.05) is 6.20 Å². The molecule has 1 aliphatic rings. The molecule has 1 aromatic heterocycles. The zero-order valence-corrected chi connectivity index (χ0v) is 16.9. The Hall–Kier alpha value is -3.43. The van der Waals surface area contributed by atoms with Gasteiger partial charge in [-0.05, 0) is 24.3 Å². The third kappa shape index (κ3) is 4.27. The standard InChI is InChI=1S/C20H18ClN3O6/c1-28-19(26)13-10-30-11-24(16(13)20(27)29-2)15-8-4-3-7-14(15)23-18(25)12-6-5-9-22-17(12)21/h3-9H,10-11H2,1-2H3,(H,23,25). The van der Waals surface area contributed by atoms with E-state index in [-0.39, 0.29) is 35.3 Å². The first-order valence-corrected chi connectivity index (χ1v) is 9.11. The molecule has 10 heteroatoms. The van der Waals surface area contributed by atoms with E-state index in [4.69, 9.17) is 25.8 Å². The monoisotopic (exact) mass is 431 g/mol. The predicted molar refractivity (Wildman–Crippen MR) is 108 cm³/mol. The topological polar surface area (TPSA) is 107 Å². The number of carbonyl (C=O) groups excluding carboxylic acids is 3. The second-order valence-corrected chi connectivity index (χ2v) is 6.39. The normalized spacial score (nSPS) is 13.6.